The summed E-state index contributed by atoms with van der Waals surface area (Å²) in [4.78, 5) is 2.55. The van der Waals surface area contributed by atoms with E-state index in [1.807, 2.05) is 0 Å². The van der Waals surface area contributed by atoms with Crippen LogP contribution in [0.3, 0.4) is 0 Å². The van der Waals surface area contributed by atoms with Crippen molar-refractivity contribution in [3.8, 4) is 0 Å². The summed E-state index contributed by atoms with van der Waals surface area (Å²) in [5.74, 6) is 0. The first kappa shape index (κ1) is 5.65. The summed E-state index contributed by atoms with van der Waals surface area (Å²) in [6, 6.07) is 1.65. The lowest BCUT2D eigenvalue weighted by Gasteiger charge is -1.76. The van der Waals surface area contributed by atoms with E-state index in [1.54, 1.807) is 6.07 Å². The van der Waals surface area contributed by atoms with Gasteiger partial charge in [-0.25, -0.2) is 0 Å². The van der Waals surface area contributed by atoms with Gasteiger partial charge in [-0.05, 0) is 5.53 Å². The Morgan fingerprint density at radius 1 is 1.89 bits per heavy atom. The number of aromatic nitrogens is 1. The van der Waals surface area contributed by atoms with Gasteiger partial charge in [0.1, 0.15) is 6.26 Å². The highest BCUT2D eigenvalue weighted by molar-refractivity contribution is 4.93. The molecule has 0 aliphatic rings. The normalized spacial score (nSPS) is 8.44. The van der Waals surface area contributed by atoms with Crippen LogP contribution in [0.1, 0.15) is 5.69 Å². The van der Waals surface area contributed by atoms with E-state index in [0.29, 0.717) is 5.69 Å². The number of hydrogen-bond donors (Lipinski definition) is 0. The molecule has 0 bridgehead atoms. The molecule has 0 aliphatic heterocycles. The van der Waals surface area contributed by atoms with E-state index in [4.69, 9.17) is 5.53 Å². The molecule has 0 aromatic carbocycles. The van der Waals surface area contributed by atoms with Gasteiger partial charge in [-0.15, -0.1) is 0 Å². The fourth-order valence-corrected chi connectivity index (χ4v) is 0.423. The highest BCUT2D eigenvalue weighted by atomic mass is 16.5. The fraction of sp³-hybridized carbons (Fsp3) is 0.250. The second-order valence-corrected chi connectivity index (χ2v) is 1.38. The molecule has 5 heteroatoms. The number of rotatable bonds is 2. The first-order valence-electron chi connectivity index (χ1n) is 2.33. The van der Waals surface area contributed by atoms with Crippen molar-refractivity contribution in [2.75, 3.05) is 0 Å². The molecule has 1 aromatic heterocycles. The van der Waals surface area contributed by atoms with Gasteiger partial charge in [-0.1, -0.05) is 10.3 Å². The van der Waals surface area contributed by atoms with E-state index in [1.165, 1.54) is 6.26 Å². The molecule has 1 rings (SSSR count). The lowest BCUT2D eigenvalue weighted by molar-refractivity contribution is 0.412. The summed E-state index contributed by atoms with van der Waals surface area (Å²) >= 11 is 0. The average Bonchev–Trinajstić information content (AvgIpc) is 2.34. The molecule has 1 aromatic rings. The van der Waals surface area contributed by atoms with Crippen molar-refractivity contribution in [1.82, 2.24) is 5.16 Å². The largest absolute Gasteiger partial charge is 0.365 e. The standard InChI is InChI=1S/C4H4N4O/c5-8-6-3-4-1-2-9-7-4/h1-2H,3H2. The van der Waals surface area contributed by atoms with E-state index in [9.17, 15) is 0 Å². The second-order valence-electron chi connectivity index (χ2n) is 1.38. The van der Waals surface area contributed by atoms with Gasteiger partial charge in [0.2, 0.25) is 0 Å². The molecule has 0 aliphatic carbocycles. The molecule has 0 amide bonds. The molecule has 0 saturated carbocycles. The summed E-state index contributed by atoms with van der Waals surface area (Å²) < 4.78 is 4.48. The second kappa shape index (κ2) is 2.74. The monoisotopic (exact) mass is 124 g/mol. The van der Waals surface area contributed by atoms with E-state index in [-0.39, 0.29) is 6.54 Å². The molecular formula is C4H4N4O. The van der Waals surface area contributed by atoms with Crippen LogP contribution in [0.15, 0.2) is 22.0 Å². The minimum atomic E-state index is 0.257. The summed E-state index contributed by atoms with van der Waals surface area (Å²) in [7, 11) is 0. The number of azide groups is 1. The third-order valence-corrected chi connectivity index (χ3v) is 0.787. The highest BCUT2D eigenvalue weighted by Gasteiger charge is 1.89. The van der Waals surface area contributed by atoms with Crippen molar-refractivity contribution in [1.29, 1.82) is 0 Å². The Morgan fingerprint density at radius 2 is 2.78 bits per heavy atom. The maximum absolute atomic E-state index is 7.87. The van der Waals surface area contributed by atoms with Crippen LogP contribution < -0.4 is 0 Å². The van der Waals surface area contributed by atoms with Crippen LogP contribution in [0.2, 0.25) is 0 Å². The van der Waals surface area contributed by atoms with Crippen molar-refractivity contribution in [2.24, 2.45) is 5.11 Å². The predicted octanol–water partition coefficient (Wildman–Crippen LogP) is 1.48. The zero-order valence-electron chi connectivity index (χ0n) is 4.56. The number of nitrogens with zero attached hydrogens (tertiary/aromatic N) is 4. The van der Waals surface area contributed by atoms with Gasteiger partial charge in [0.15, 0.2) is 0 Å². The van der Waals surface area contributed by atoms with Crippen LogP contribution in [-0.2, 0) is 6.54 Å². The molecule has 9 heavy (non-hydrogen) atoms. The topological polar surface area (TPSA) is 74.8 Å². The Hall–Kier alpha value is -1.48. The summed E-state index contributed by atoms with van der Waals surface area (Å²) in [5.41, 5.74) is 8.51. The molecule has 5 nitrogen and oxygen atoms in total. The van der Waals surface area contributed by atoms with Crippen LogP contribution in [0.5, 0.6) is 0 Å². The summed E-state index contributed by atoms with van der Waals surface area (Å²) in [6.07, 6.45) is 1.43. The SMILES string of the molecule is [N-]=[N+]=NCc1ccon1. The third-order valence-electron chi connectivity index (χ3n) is 0.787. The van der Waals surface area contributed by atoms with Crippen molar-refractivity contribution < 1.29 is 4.52 Å². The van der Waals surface area contributed by atoms with Gasteiger partial charge in [-0.3, -0.25) is 0 Å². The fourth-order valence-electron chi connectivity index (χ4n) is 0.423. The summed E-state index contributed by atoms with van der Waals surface area (Å²) in [5, 5.41) is 6.79. The van der Waals surface area contributed by atoms with E-state index in [0.717, 1.165) is 0 Å². The highest BCUT2D eigenvalue weighted by Crippen LogP contribution is 1.95. The minimum Gasteiger partial charge on any atom is -0.365 e. The quantitative estimate of drug-likeness (QED) is 0.340. The van der Waals surface area contributed by atoms with Crippen LogP contribution >= 0.6 is 0 Å². The predicted molar refractivity (Wildman–Crippen MR) is 29.4 cm³/mol. The Kier molecular flexibility index (Phi) is 1.72. The van der Waals surface area contributed by atoms with Gasteiger partial charge in [0.25, 0.3) is 0 Å². The smallest absolute Gasteiger partial charge is 0.124 e. The Labute approximate surface area is 50.9 Å². The van der Waals surface area contributed by atoms with Gasteiger partial charge in [0, 0.05) is 11.0 Å². The van der Waals surface area contributed by atoms with Crippen molar-refractivity contribution in [2.45, 2.75) is 6.54 Å². The third kappa shape index (κ3) is 1.47. The maximum Gasteiger partial charge on any atom is 0.124 e. The molecule has 0 atom stereocenters. The Bertz CT molecular complexity index is 210. The first-order valence-corrected chi connectivity index (χ1v) is 2.33. The van der Waals surface area contributed by atoms with E-state index in [2.05, 4.69) is 19.7 Å². The van der Waals surface area contributed by atoms with E-state index >= 15 is 0 Å². The first-order chi connectivity index (χ1) is 4.43. The average molecular weight is 124 g/mol. The number of hydrogen-bond acceptors (Lipinski definition) is 3. The molecule has 0 saturated heterocycles. The molecule has 0 unspecified atom stereocenters. The van der Waals surface area contributed by atoms with Gasteiger partial charge < -0.3 is 4.52 Å². The van der Waals surface area contributed by atoms with Crippen LogP contribution in [0.4, 0.5) is 0 Å². The molecule has 1 heterocycles. The van der Waals surface area contributed by atoms with Crippen molar-refractivity contribution in [3.05, 3.63) is 28.5 Å². The molecule has 0 radical (unpaired) electrons. The van der Waals surface area contributed by atoms with Crippen LogP contribution in [0.25, 0.3) is 10.4 Å². The minimum absolute atomic E-state index is 0.257. The lowest BCUT2D eigenvalue weighted by Crippen LogP contribution is -1.75. The molecule has 0 N–H and O–H groups in total. The van der Waals surface area contributed by atoms with Gasteiger partial charge in [-0.2, -0.15) is 0 Å². The molecule has 0 fully saturated rings. The zero-order valence-corrected chi connectivity index (χ0v) is 4.56. The Balaban J connectivity index is 2.57. The molecular weight excluding hydrogens is 120 g/mol. The lowest BCUT2D eigenvalue weighted by atomic mass is 10.4. The summed E-state index contributed by atoms with van der Waals surface area (Å²) in [6.45, 7) is 0.257. The van der Waals surface area contributed by atoms with Crippen molar-refractivity contribution in [3.63, 3.8) is 0 Å². The van der Waals surface area contributed by atoms with Crippen molar-refractivity contribution >= 4 is 0 Å². The maximum atomic E-state index is 7.87. The van der Waals surface area contributed by atoms with Crippen LogP contribution in [-0.4, -0.2) is 5.16 Å². The van der Waals surface area contributed by atoms with E-state index < -0.39 is 0 Å². The molecule has 0 spiro atoms. The van der Waals surface area contributed by atoms with Gasteiger partial charge >= 0.3 is 0 Å². The zero-order chi connectivity index (χ0) is 6.53. The molecule has 46 valence electrons. The van der Waals surface area contributed by atoms with Gasteiger partial charge in [0.05, 0.1) is 12.2 Å². The van der Waals surface area contributed by atoms with Crippen LogP contribution in [0, 0.1) is 0 Å². The Morgan fingerprint density at radius 3 is 3.33 bits per heavy atom.